The van der Waals surface area contributed by atoms with Crippen molar-refractivity contribution in [1.82, 2.24) is 15.5 Å². The zero-order valence-electron chi connectivity index (χ0n) is 27.9. The second-order valence-electron chi connectivity index (χ2n) is 11.2. The van der Waals surface area contributed by atoms with Crippen LogP contribution in [0.15, 0.2) is 34.9 Å². The number of carbonyl (C=O) groups excluding carboxylic acids is 2. The zero-order valence-corrected chi connectivity index (χ0v) is 27.9. The molecule has 0 aromatic carbocycles. The highest BCUT2D eigenvalue weighted by Gasteiger charge is 2.12. The summed E-state index contributed by atoms with van der Waals surface area (Å²) in [4.78, 5) is 24.3. The number of rotatable bonds is 26. The highest BCUT2D eigenvalue weighted by Crippen LogP contribution is 2.29. The molecule has 1 aliphatic carbocycles. The number of hydrogen-bond acceptors (Lipinski definition) is 6. The molecule has 42 heavy (non-hydrogen) atoms. The first-order valence-electron chi connectivity index (χ1n) is 16.8. The third-order valence-corrected chi connectivity index (χ3v) is 7.59. The van der Waals surface area contributed by atoms with Gasteiger partial charge in [-0.15, -0.1) is 0 Å². The number of nitrogens with zero attached hydrogens (tertiary/aromatic N) is 1. The molecule has 0 bridgehead atoms. The Labute approximate surface area is 258 Å². The Bertz CT molecular complexity index is 749. The van der Waals surface area contributed by atoms with Gasteiger partial charge in [0.2, 0.25) is 5.91 Å². The minimum atomic E-state index is 0.165. The van der Waals surface area contributed by atoms with E-state index in [4.69, 9.17) is 4.74 Å². The summed E-state index contributed by atoms with van der Waals surface area (Å²) in [5.41, 5.74) is 4.21. The van der Waals surface area contributed by atoms with Gasteiger partial charge in [0.25, 0.3) is 6.47 Å². The molecule has 0 saturated carbocycles. The Morgan fingerprint density at radius 2 is 1.62 bits per heavy atom. The number of hydrogen-bond donors (Lipinski definition) is 2. The normalized spacial score (nSPS) is 13.2. The number of ether oxygens (including phenoxy) is 2. The van der Waals surface area contributed by atoms with E-state index in [1.807, 2.05) is 0 Å². The predicted molar refractivity (Wildman–Crippen MR) is 178 cm³/mol. The van der Waals surface area contributed by atoms with Gasteiger partial charge in [-0.3, -0.25) is 9.59 Å². The Morgan fingerprint density at radius 3 is 2.31 bits per heavy atom. The van der Waals surface area contributed by atoms with E-state index in [-0.39, 0.29) is 5.91 Å². The molecule has 0 aromatic heterocycles. The fraction of sp³-hybridized carbons (Fsp3) is 0.771. The SMILES string of the molecule is C/C=C(/CCC(=O)NCCCN(C)CCCNCCCCOC)C1=C(CC)CCC=C1.CCCCCCCCOC=O. The van der Waals surface area contributed by atoms with Crippen molar-refractivity contribution in [2.24, 2.45) is 0 Å². The number of nitrogens with one attached hydrogen (secondary N) is 2. The molecule has 1 amide bonds. The monoisotopic (exact) mass is 591 g/mol. The summed E-state index contributed by atoms with van der Waals surface area (Å²) < 4.78 is 9.62. The van der Waals surface area contributed by atoms with E-state index in [0.29, 0.717) is 19.5 Å². The van der Waals surface area contributed by atoms with Crippen LogP contribution in [0.4, 0.5) is 0 Å². The van der Waals surface area contributed by atoms with Crippen LogP contribution in [-0.4, -0.2) is 77.4 Å². The number of amides is 1. The van der Waals surface area contributed by atoms with Crippen LogP contribution in [0.2, 0.25) is 0 Å². The van der Waals surface area contributed by atoms with E-state index in [1.54, 1.807) is 7.11 Å². The van der Waals surface area contributed by atoms with Gasteiger partial charge in [-0.25, -0.2) is 0 Å². The highest BCUT2D eigenvalue weighted by atomic mass is 16.5. The fourth-order valence-corrected chi connectivity index (χ4v) is 4.98. The first kappa shape index (κ1) is 40.0. The van der Waals surface area contributed by atoms with Crippen LogP contribution in [0.3, 0.4) is 0 Å². The van der Waals surface area contributed by atoms with Gasteiger partial charge in [0.1, 0.15) is 0 Å². The lowest BCUT2D eigenvalue weighted by Gasteiger charge is -2.18. The Morgan fingerprint density at radius 1 is 0.929 bits per heavy atom. The van der Waals surface area contributed by atoms with Gasteiger partial charge < -0.3 is 25.0 Å². The smallest absolute Gasteiger partial charge is 0.293 e. The number of carbonyl (C=O) groups is 2. The van der Waals surface area contributed by atoms with Crippen LogP contribution in [0, 0.1) is 0 Å². The standard InChI is InChI=1S/C26H47N3O2.C9H18O2/c1-5-23-13-7-8-14-25(23)24(6-2)15-16-26(30)28-19-12-21-29(3)20-11-18-27-17-9-10-22-31-4;1-2-3-4-5-6-7-8-11-9-10/h6,8,14,27H,5,7,9-13,15-22H2,1-4H3,(H,28,30);9H,2-8H2,1H3/b24-6-;. The van der Waals surface area contributed by atoms with Gasteiger partial charge in [0, 0.05) is 26.7 Å². The van der Waals surface area contributed by atoms with Crippen molar-refractivity contribution in [2.75, 3.05) is 60.1 Å². The molecule has 7 heteroatoms. The van der Waals surface area contributed by atoms with Crippen LogP contribution in [0.5, 0.6) is 0 Å². The maximum Gasteiger partial charge on any atom is 0.293 e. The largest absolute Gasteiger partial charge is 0.468 e. The van der Waals surface area contributed by atoms with Gasteiger partial charge in [-0.2, -0.15) is 0 Å². The lowest BCUT2D eigenvalue weighted by atomic mass is 9.88. The Balaban J connectivity index is 0.00000129. The fourth-order valence-electron chi connectivity index (χ4n) is 4.98. The minimum absolute atomic E-state index is 0.165. The van der Waals surface area contributed by atoms with Crippen molar-refractivity contribution in [3.63, 3.8) is 0 Å². The van der Waals surface area contributed by atoms with Crippen LogP contribution < -0.4 is 10.6 Å². The van der Waals surface area contributed by atoms with Crippen LogP contribution >= 0.6 is 0 Å². The molecule has 1 rings (SSSR count). The van der Waals surface area contributed by atoms with Crippen molar-refractivity contribution in [3.8, 4) is 0 Å². The van der Waals surface area contributed by atoms with Gasteiger partial charge in [-0.05, 0) is 109 Å². The maximum atomic E-state index is 12.3. The quantitative estimate of drug-likeness (QED) is 0.0823. The number of allylic oxidation sites excluding steroid dienone is 6. The van der Waals surface area contributed by atoms with E-state index < -0.39 is 0 Å². The summed E-state index contributed by atoms with van der Waals surface area (Å²) in [5, 5.41) is 6.59. The maximum absolute atomic E-state index is 12.3. The molecule has 2 N–H and O–H groups in total. The first-order valence-corrected chi connectivity index (χ1v) is 16.8. The van der Waals surface area contributed by atoms with Crippen molar-refractivity contribution in [2.45, 2.75) is 117 Å². The van der Waals surface area contributed by atoms with Crippen LogP contribution in [0.25, 0.3) is 0 Å². The predicted octanol–water partition coefficient (Wildman–Crippen LogP) is 7.13. The molecule has 0 unspecified atom stereocenters. The summed E-state index contributed by atoms with van der Waals surface area (Å²) in [5.74, 6) is 0.165. The summed E-state index contributed by atoms with van der Waals surface area (Å²) in [6.45, 7) is 13.5. The zero-order chi connectivity index (χ0) is 31.1. The molecule has 0 saturated heterocycles. The summed E-state index contributed by atoms with van der Waals surface area (Å²) in [6.07, 6.45) is 23.3. The number of unbranched alkanes of at least 4 members (excludes halogenated alkanes) is 6. The molecular weight excluding hydrogens is 526 g/mol. The Hall–Kier alpha value is -1.96. The minimum Gasteiger partial charge on any atom is -0.468 e. The molecule has 1 aliphatic rings. The second kappa shape index (κ2) is 30.5. The molecule has 0 heterocycles. The van der Waals surface area contributed by atoms with Gasteiger partial charge >= 0.3 is 0 Å². The van der Waals surface area contributed by atoms with Crippen LogP contribution in [0.1, 0.15) is 117 Å². The summed E-state index contributed by atoms with van der Waals surface area (Å²) in [6, 6.07) is 0. The first-order chi connectivity index (χ1) is 20.5. The second-order valence-corrected chi connectivity index (χ2v) is 11.2. The van der Waals surface area contributed by atoms with Crippen molar-refractivity contribution in [1.29, 1.82) is 0 Å². The lowest BCUT2D eigenvalue weighted by molar-refractivity contribution is -0.128. The summed E-state index contributed by atoms with van der Waals surface area (Å²) in [7, 11) is 3.92. The molecule has 7 nitrogen and oxygen atoms in total. The number of methoxy groups -OCH3 is 1. The average molecular weight is 592 g/mol. The molecular formula is C35H65N3O4. The summed E-state index contributed by atoms with van der Waals surface area (Å²) >= 11 is 0. The van der Waals surface area contributed by atoms with Crippen molar-refractivity contribution >= 4 is 12.4 Å². The Kier molecular flexibility index (Phi) is 29.1. The molecule has 0 atom stereocenters. The third-order valence-electron chi connectivity index (χ3n) is 7.59. The molecule has 0 radical (unpaired) electrons. The third kappa shape index (κ3) is 23.6. The van der Waals surface area contributed by atoms with E-state index >= 15 is 0 Å². The molecule has 244 valence electrons. The van der Waals surface area contributed by atoms with E-state index in [1.165, 1.54) is 55.2 Å². The molecule has 0 aromatic rings. The van der Waals surface area contributed by atoms with Crippen molar-refractivity contribution < 1.29 is 19.1 Å². The molecule has 0 spiro atoms. The van der Waals surface area contributed by atoms with E-state index in [0.717, 1.165) is 90.7 Å². The van der Waals surface area contributed by atoms with Crippen LogP contribution in [-0.2, 0) is 19.1 Å². The highest BCUT2D eigenvalue weighted by molar-refractivity contribution is 5.76. The van der Waals surface area contributed by atoms with E-state index in [9.17, 15) is 9.59 Å². The average Bonchev–Trinajstić information content (AvgIpc) is 3.01. The van der Waals surface area contributed by atoms with Crippen molar-refractivity contribution in [3.05, 3.63) is 34.9 Å². The topological polar surface area (TPSA) is 79.9 Å². The van der Waals surface area contributed by atoms with Gasteiger partial charge in [0.05, 0.1) is 6.61 Å². The van der Waals surface area contributed by atoms with Gasteiger partial charge in [-0.1, -0.05) is 69.8 Å². The lowest BCUT2D eigenvalue weighted by Crippen LogP contribution is -2.29. The molecule has 0 aliphatic heterocycles. The molecule has 0 fully saturated rings. The van der Waals surface area contributed by atoms with E-state index in [2.05, 4.69) is 66.3 Å². The van der Waals surface area contributed by atoms with Gasteiger partial charge in [0.15, 0.2) is 0 Å².